The van der Waals surface area contributed by atoms with Crippen LogP contribution in [0.4, 0.5) is 5.69 Å². The third-order valence-corrected chi connectivity index (χ3v) is 4.62. The van der Waals surface area contributed by atoms with E-state index >= 15 is 0 Å². The van der Waals surface area contributed by atoms with Gasteiger partial charge in [0.05, 0.1) is 6.61 Å². The quantitative estimate of drug-likeness (QED) is 0.692. The molecule has 2 heteroatoms. The molecule has 1 aliphatic rings. The molecule has 1 unspecified atom stereocenters. The van der Waals surface area contributed by atoms with Crippen LogP contribution in [0.3, 0.4) is 0 Å². The number of benzene rings is 2. The van der Waals surface area contributed by atoms with Crippen LogP contribution in [0.1, 0.15) is 38.2 Å². The molecule has 1 fully saturated rings. The van der Waals surface area contributed by atoms with Gasteiger partial charge in [-0.3, -0.25) is 0 Å². The summed E-state index contributed by atoms with van der Waals surface area (Å²) in [5.74, 6) is 0.957. The van der Waals surface area contributed by atoms with E-state index in [0.717, 1.165) is 25.3 Å². The van der Waals surface area contributed by atoms with E-state index in [1.807, 2.05) is 6.92 Å². The van der Waals surface area contributed by atoms with Gasteiger partial charge in [0.15, 0.2) is 0 Å². The topological polar surface area (TPSA) is 12.5 Å². The van der Waals surface area contributed by atoms with Gasteiger partial charge in [-0.2, -0.15) is 0 Å². The van der Waals surface area contributed by atoms with E-state index in [1.165, 1.54) is 30.5 Å². The molecule has 0 N–H and O–H groups in total. The highest BCUT2D eigenvalue weighted by Crippen LogP contribution is 2.28. The van der Waals surface area contributed by atoms with Gasteiger partial charge in [-0.15, -0.1) is 0 Å². The van der Waals surface area contributed by atoms with Crippen molar-refractivity contribution < 1.29 is 4.74 Å². The van der Waals surface area contributed by atoms with Crippen LogP contribution >= 0.6 is 0 Å². The number of hydrogen-bond donors (Lipinski definition) is 0. The first-order chi connectivity index (χ1) is 11.9. The molecule has 0 saturated carbocycles. The van der Waals surface area contributed by atoms with Gasteiger partial charge in [0.1, 0.15) is 5.75 Å². The minimum absolute atomic E-state index is 0.594. The summed E-state index contributed by atoms with van der Waals surface area (Å²) >= 11 is 0. The minimum Gasteiger partial charge on any atom is -0.494 e. The fraction of sp³-hybridized carbons (Fsp3) is 0.364. The van der Waals surface area contributed by atoms with E-state index in [0.29, 0.717) is 6.04 Å². The van der Waals surface area contributed by atoms with Crippen LogP contribution < -0.4 is 9.64 Å². The Morgan fingerprint density at radius 2 is 1.83 bits per heavy atom. The van der Waals surface area contributed by atoms with Crippen LogP contribution in [-0.4, -0.2) is 19.2 Å². The summed E-state index contributed by atoms with van der Waals surface area (Å²) in [6.45, 7) is 3.89. The summed E-state index contributed by atoms with van der Waals surface area (Å²) in [5, 5.41) is 0. The van der Waals surface area contributed by atoms with E-state index in [4.69, 9.17) is 4.74 Å². The van der Waals surface area contributed by atoms with E-state index in [1.54, 1.807) is 0 Å². The molecule has 1 heterocycles. The SMILES string of the molecule is CCOc1ccc(N2CCCCC2C/C=C/c2ccccc2)cc1. The fourth-order valence-corrected chi connectivity index (χ4v) is 3.41. The first-order valence-corrected chi connectivity index (χ1v) is 9.08. The Morgan fingerprint density at radius 1 is 1.04 bits per heavy atom. The molecule has 1 saturated heterocycles. The van der Waals surface area contributed by atoms with Crippen LogP contribution in [0, 0.1) is 0 Å². The van der Waals surface area contributed by atoms with E-state index in [-0.39, 0.29) is 0 Å². The van der Waals surface area contributed by atoms with E-state index in [2.05, 4.69) is 71.6 Å². The van der Waals surface area contributed by atoms with Gasteiger partial charge >= 0.3 is 0 Å². The first-order valence-electron chi connectivity index (χ1n) is 9.08. The molecule has 0 bridgehead atoms. The summed E-state index contributed by atoms with van der Waals surface area (Å²) in [5.41, 5.74) is 2.59. The van der Waals surface area contributed by atoms with Gasteiger partial charge in [-0.1, -0.05) is 42.5 Å². The van der Waals surface area contributed by atoms with Crippen LogP contribution in [0.25, 0.3) is 6.08 Å². The highest BCUT2D eigenvalue weighted by Gasteiger charge is 2.21. The van der Waals surface area contributed by atoms with Crippen molar-refractivity contribution in [3.8, 4) is 5.75 Å². The number of ether oxygens (including phenoxy) is 1. The minimum atomic E-state index is 0.594. The highest BCUT2D eigenvalue weighted by molar-refractivity contribution is 5.52. The second-order valence-electron chi connectivity index (χ2n) is 6.32. The summed E-state index contributed by atoms with van der Waals surface area (Å²) in [6.07, 6.45) is 9.55. The van der Waals surface area contributed by atoms with Gasteiger partial charge in [0, 0.05) is 18.3 Å². The van der Waals surface area contributed by atoms with Crippen LogP contribution in [0.5, 0.6) is 5.75 Å². The Morgan fingerprint density at radius 3 is 2.58 bits per heavy atom. The lowest BCUT2D eigenvalue weighted by Crippen LogP contribution is -2.39. The number of anilines is 1. The monoisotopic (exact) mass is 321 g/mol. The number of hydrogen-bond acceptors (Lipinski definition) is 2. The lowest BCUT2D eigenvalue weighted by atomic mass is 9.98. The molecule has 126 valence electrons. The molecular weight excluding hydrogens is 294 g/mol. The average molecular weight is 321 g/mol. The Hall–Kier alpha value is -2.22. The first kappa shape index (κ1) is 16.6. The molecule has 0 radical (unpaired) electrons. The van der Waals surface area contributed by atoms with Crippen molar-refractivity contribution in [3.05, 3.63) is 66.2 Å². The molecule has 0 aliphatic carbocycles. The van der Waals surface area contributed by atoms with Gasteiger partial charge in [0.2, 0.25) is 0 Å². The largest absolute Gasteiger partial charge is 0.494 e. The summed E-state index contributed by atoms with van der Waals surface area (Å²) < 4.78 is 5.56. The maximum Gasteiger partial charge on any atom is 0.119 e. The number of nitrogens with zero attached hydrogens (tertiary/aromatic N) is 1. The second-order valence-corrected chi connectivity index (χ2v) is 6.32. The standard InChI is InChI=1S/C22H27NO/c1-2-24-22-16-14-21(15-17-22)23-18-7-6-12-20(23)13-8-11-19-9-4-3-5-10-19/h3-5,8-11,14-17,20H,2,6-7,12-13,18H2,1H3/b11-8+. The van der Waals surface area contributed by atoms with Crippen molar-refractivity contribution in [2.45, 2.75) is 38.6 Å². The van der Waals surface area contributed by atoms with Crippen molar-refractivity contribution in [2.75, 3.05) is 18.1 Å². The maximum absolute atomic E-state index is 5.56. The molecule has 1 atom stereocenters. The normalized spacial score (nSPS) is 18.0. The predicted molar refractivity (Wildman–Crippen MR) is 103 cm³/mol. The summed E-state index contributed by atoms with van der Waals surface area (Å²) in [7, 11) is 0. The van der Waals surface area contributed by atoms with Gasteiger partial charge < -0.3 is 9.64 Å². The third-order valence-electron chi connectivity index (χ3n) is 4.62. The maximum atomic E-state index is 5.56. The van der Waals surface area contributed by atoms with E-state index < -0.39 is 0 Å². The van der Waals surface area contributed by atoms with Crippen LogP contribution in [0.15, 0.2) is 60.7 Å². The zero-order valence-electron chi connectivity index (χ0n) is 14.5. The summed E-state index contributed by atoms with van der Waals surface area (Å²) in [4.78, 5) is 2.56. The smallest absolute Gasteiger partial charge is 0.119 e. The summed E-state index contributed by atoms with van der Waals surface area (Å²) in [6, 6.07) is 19.7. The number of rotatable bonds is 6. The Bertz CT molecular complexity index is 633. The Balaban J connectivity index is 1.65. The van der Waals surface area contributed by atoms with Crippen molar-refractivity contribution in [1.82, 2.24) is 0 Å². The predicted octanol–water partition coefficient (Wildman–Crippen LogP) is 5.55. The number of piperidine rings is 1. The highest BCUT2D eigenvalue weighted by atomic mass is 16.5. The second kappa shape index (κ2) is 8.58. The zero-order valence-corrected chi connectivity index (χ0v) is 14.5. The van der Waals surface area contributed by atoms with Gasteiger partial charge in [0.25, 0.3) is 0 Å². The van der Waals surface area contributed by atoms with Crippen molar-refractivity contribution in [1.29, 1.82) is 0 Å². The third kappa shape index (κ3) is 4.41. The average Bonchev–Trinajstić information content (AvgIpc) is 2.64. The molecule has 2 nitrogen and oxygen atoms in total. The molecule has 2 aromatic carbocycles. The Labute approximate surface area is 145 Å². The molecule has 3 rings (SSSR count). The van der Waals surface area contributed by atoms with Crippen LogP contribution in [-0.2, 0) is 0 Å². The van der Waals surface area contributed by atoms with E-state index in [9.17, 15) is 0 Å². The zero-order chi connectivity index (χ0) is 16.6. The van der Waals surface area contributed by atoms with Crippen molar-refractivity contribution >= 4 is 11.8 Å². The fourth-order valence-electron chi connectivity index (χ4n) is 3.41. The molecule has 0 amide bonds. The van der Waals surface area contributed by atoms with Gasteiger partial charge in [-0.25, -0.2) is 0 Å². The molecular formula is C22H27NO. The Kier molecular flexibility index (Phi) is 5.95. The molecule has 0 spiro atoms. The van der Waals surface area contributed by atoms with Crippen molar-refractivity contribution in [2.24, 2.45) is 0 Å². The van der Waals surface area contributed by atoms with Crippen molar-refractivity contribution in [3.63, 3.8) is 0 Å². The molecule has 1 aliphatic heterocycles. The van der Waals surface area contributed by atoms with Crippen LogP contribution in [0.2, 0.25) is 0 Å². The van der Waals surface area contributed by atoms with Gasteiger partial charge in [-0.05, 0) is 62.4 Å². The lowest BCUT2D eigenvalue weighted by molar-refractivity contribution is 0.340. The molecule has 2 aromatic rings. The lowest BCUT2D eigenvalue weighted by Gasteiger charge is -2.37. The molecule has 24 heavy (non-hydrogen) atoms. The molecule has 0 aromatic heterocycles.